The average Bonchev–Trinajstić information content (AvgIpc) is 3.22. The van der Waals surface area contributed by atoms with Gasteiger partial charge in [0.1, 0.15) is 0 Å². The Balaban J connectivity index is 1.90. The van der Waals surface area contributed by atoms with Crippen LogP contribution in [0.3, 0.4) is 0 Å². The first-order valence-electron chi connectivity index (χ1n) is 10.8. The third kappa shape index (κ3) is 7.45. The van der Waals surface area contributed by atoms with Crippen LogP contribution in [-0.2, 0) is 16.1 Å². The molecule has 1 heterocycles. The highest BCUT2D eigenvalue weighted by Gasteiger charge is 2.12. The summed E-state index contributed by atoms with van der Waals surface area (Å²) in [6, 6.07) is 9.99. The first-order valence-corrected chi connectivity index (χ1v) is 11.7. The summed E-state index contributed by atoms with van der Waals surface area (Å²) in [4.78, 5) is 24.6. The summed E-state index contributed by atoms with van der Waals surface area (Å²) in [6.07, 6.45) is 7.92. The van der Waals surface area contributed by atoms with Crippen molar-refractivity contribution in [2.24, 2.45) is 5.92 Å². The number of aliphatic carboxylic acids is 1. The van der Waals surface area contributed by atoms with Gasteiger partial charge in [-0.05, 0) is 47.1 Å². The van der Waals surface area contributed by atoms with E-state index in [2.05, 4.69) is 23.7 Å². The fourth-order valence-electron chi connectivity index (χ4n) is 3.27. The van der Waals surface area contributed by atoms with Gasteiger partial charge in [0.05, 0.1) is 6.54 Å². The van der Waals surface area contributed by atoms with Gasteiger partial charge in [-0.2, -0.15) is 0 Å². The topological polar surface area (TPSA) is 66.4 Å². The quantitative estimate of drug-likeness (QED) is 0.299. The third-order valence-electron chi connectivity index (χ3n) is 5.27. The number of nitrogens with one attached hydrogen (secondary N) is 1. The van der Waals surface area contributed by atoms with E-state index in [9.17, 15) is 9.59 Å². The van der Waals surface area contributed by atoms with E-state index in [-0.39, 0.29) is 11.8 Å². The molecule has 0 radical (unpaired) electrons. The van der Waals surface area contributed by atoms with E-state index < -0.39 is 5.97 Å². The highest BCUT2D eigenvalue weighted by atomic mass is 32.1. The van der Waals surface area contributed by atoms with Gasteiger partial charge >= 0.3 is 5.97 Å². The molecule has 1 amide bonds. The molecule has 0 aliphatic carbocycles. The first kappa shape index (κ1) is 23.9. The lowest BCUT2D eigenvalue weighted by Crippen LogP contribution is -2.28. The zero-order chi connectivity index (χ0) is 21.9. The summed E-state index contributed by atoms with van der Waals surface area (Å²) in [6.45, 7) is 6.60. The van der Waals surface area contributed by atoms with Gasteiger partial charge in [0.2, 0.25) is 5.91 Å². The fraction of sp³-hybridized carbons (Fsp3) is 0.440. The molecule has 2 N–H and O–H groups in total. The highest BCUT2D eigenvalue weighted by molar-refractivity contribution is 7.10. The summed E-state index contributed by atoms with van der Waals surface area (Å²) >= 11 is 1.64. The summed E-state index contributed by atoms with van der Waals surface area (Å²) in [5.41, 5.74) is 3.48. The lowest BCUT2D eigenvalue weighted by atomic mass is 10.0. The van der Waals surface area contributed by atoms with Gasteiger partial charge in [-0.25, -0.2) is 4.79 Å². The molecule has 5 heteroatoms. The number of rotatable bonds is 12. The molecule has 1 atom stereocenters. The smallest absolute Gasteiger partial charge is 0.331 e. The Labute approximate surface area is 184 Å². The molecule has 0 aliphatic rings. The number of hydrogen-bond acceptors (Lipinski definition) is 3. The molecule has 2 rings (SSSR count). The molecule has 0 saturated carbocycles. The van der Waals surface area contributed by atoms with Crippen molar-refractivity contribution in [2.75, 3.05) is 0 Å². The number of unbranched alkanes of at least 4 members (excludes halogenated alkanes) is 3. The van der Waals surface area contributed by atoms with Gasteiger partial charge in [-0.15, -0.1) is 11.3 Å². The van der Waals surface area contributed by atoms with Crippen LogP contribution in [0.25, 0.3) is 17.2 Å². The van der Waals surface area contributed by atoms with E-state index in [1.165, 1.54) is 19.3 Å². The Morgan fingerprint density at radius 2 is 1.83 bits per heavy atom. The predicted octanol–water partition coefficient (Wildman–Crippen LogP) is 6.52. The Bertz CT molecular complexity index is 852. The lowest BCUT2D eigenvalue weighted by Gasteiger charge is -2.11. The van der Waals surface area contributed by atoms with Crippen molar-refractivity contribution >= 4 is 29.3 Å². The first-order chi connectivity index (χ1) is 14.4. The molecule has 0 spiro atoms. The number of carbonyl (C=O) groups is 2. The van der Waals surface area contributed by atoms with E-state index in [4.69, 9.17) is 5.11 Å². The van der Waals surface area contributed by atoms with Crippen LogP contribution in [0.1, 0.15) is 69.7 Å². The van der Waals surface area contributed by atoms with E-state index in [1.807, 2.05) is 38.1 Å². The minimum atomic E-state index is -0.874. The minimum absolute atomic E-state index is 0.0562. The summed E-state index contributed by atoms with van der Waals surface area (Å²) < 4.78 is 0. The van der Waals surface area contributed by atoms with Crippen LogP contribution in [-0.4, -0.2) is 17.0 Å². The van der Waals surface area contributed by atoms with Crippen LogP contribution >= 0.6 is 11.3 Å². The zero-order valence-electron chi connectivity index (χ0n) is 18.2. The van der Waals surface area contributed by atoms with Crippen LogP contribution in [0.4, 0.5) is 0 Å². The van der Waals surface area contributed by atoms with Crippen LogP contribution in [0.5, 0.6) is 0 Å². The molecule has 162 valence electrons. The normalized spacial score (nSPS) is 12.6. The number of hydrogen-bond donors (Lipinski definition) is 2. The molecular weight excluding hydrogens is 394 g/mol. The maximum absolute atomic E-state index is 12.3. The molecule has 0 bridgehead atoms. The van der Waals surface area contributed by atoms with Crippen LogP contribution in [0.2, 0.25) is 0 Å². The molecule has 1 aromatic carbocycles. The average molecular weight is 428 g/mol. The Kier molecular flexibility index (Phi) is 9.81. The predicted molar refractivity (Wildman–Crippen MR) is 125 cm³/mol. The second-order valence-electron chi connectivity index (χ2n) is 7.72. The van der Waals surface area contributed by atoms with E-state index >= 15 is 0 Å². The van der Waals surface area contributed by atoms with Gasteiger partial charge in [-0.1, -0.05) is 70.7 Å². The monoisotopic (exact) mass is 427 g/mol. The SMILES string of the molecule is CCCCCCC(C)C(=O)NCc1cc(-c2ccc(C=C(CC)C(=O)O)cc2)cs1. The van der Waals surface area contributed by atoms with Crippen molar-refractivity contribution in [3.63, 3.8) is 0 Å². The van der Waals surface area contributed by atoms with Gasteiger partial charge in [0.15, 0.2) is 0 Å². The fourth-order valence-corrected chi connectivity index (χ4v) is 4.10. The maximum atomic E-state index is 12.3. The number of benzene rings is 1. The van der Waals surface area contributed by atoms with Crippen molar-refractivity contribution in [3.05, 3.63) is 51.7 Å². The Hall–Kier alpha value is -2.40. The molecule has 0 saturated heterocycles. The highest BCUT2D eigenvalue weighted by Crippen LogP contribution is 2.26. The van der Waals surface area contributed by atoms with Crippen LogP contribution in [0, 0.1) is 5.92 Å². The van der Waals surface area contributed by atoms with Gasteiger partial charge in [0, 0.05) is 16.4 Å². The van der Waals surface area contributed by atoms with Crippen LogP contribution < -0.4 is 5.32 Å². The number of carboxylic acid groups (broad SMARTS) is 1. The minimum Gasteiger partial charge on any atom is -0.478 e. The van der Waals surface area contributed by atoms with Crippen LogP contribution in [0.15, 0.2) is 41.3 Å². The van der Waals surface area contributed by atoms with E-state index in [0.29, 0.717) is 18.5 Å². The summed E-state index contributed by atoms with van der Waals surface area (Å²) in [5.74, 6) is -0.690. The molecule has 1 unspecified atom stereocenters. The van der Waals surface area contributed by atoms with Crippen molar-refractivity contribution in [3.8, 4) is 11.1 Å². The van der Waals surface area contributed by atoms with Gasteiger partial charge in [-0.3, -0.25) is 4.79 Å². The number of carbonyl (C=O) groups excluding carboxylic acids is 1. The van der Waals surface area contributed by atoms with Crippen molar-refractivity contribution in [1.29, 1.82) is 0 Å². The molecule has 0 fully saturated rings. The number of thiophene rings is 1. The number of amides is 1. The zero-order valence-corrected chi connectivity index (χ0v) is 19.1. The second-order valence-corrected chi connectivity index (χ2v) is 8.72. The summed E-state index contributed by atoms with van der Waals surface area (Å²) in [7, 11) is 0. The molecule has 4 nitrogen and oxygen atoms in total. The van der Waals surface area contributed by atoms with E-state index in [0.717, 1.165) is 34.4 Å². The van der Waals surface area contributed by atoms with Gasteiger partial charge in [0.25, 0.3) is 0 Å². The second kappa shape index (κ2) is 12.3. The largest absolute Gasteiger partial charge is 0.478 e. The van der Waals surface area contributed by atoms with Gasteiger partial charge < -0.3 is 10.4 Å². The van der Waals surface area contributed by atoms with Crippen molar-refractivity contribution in [1.82, 2.24) is 5.32 Å². The Morgan fingerprint density at radius 1 is 1.10 bits per heavy atom. The lowest BCUT2D eigenvalue weighted by molar-refractivity contribution is -0.132. The third-order valence-corrected chi connectivity index (χ3v) is 6.21. The number of carboxylic acids is 1. The standard InChI is InChI=1S/C25H33NO3S/c1-4-6-7-8-9-18(3)24(27)26-16-23-15-22(17-30-23)21-12-10-19(11-13-21)14-20(5-2)25(28)29/h10-15,17-18H,4-9,16H2,1-3H3,(H,26,27)(H,28,29). The van der Waals surface area contributed by atoms with E-state index in [1.54, 1.807) is 17.4 Å². The molecule has 30 heavy (non-hydrogen) atoms. The maximum Gasteiger partial charge on any atom is 0.331 e. The summed E-state index contributed by atoms with van der Waals surface area (Å²) in [5, 5.41) is 14.3. The molecule has 2 aromatic rings. The molecular formula is C25H33NO3S. The van der Waals surface area contributed by atoms with Crippen molar-refractivity contribution < 1.29 is 14.7 Å². The molecule has 1 aromatic heterocycles. The Morgan fingerprint density at radius 3 is 2.47 bits per heavy atom. The molecule has 0 aliphatic heterocycles. The van der Waals surface area contributed by atoms with Crippen molar-refractivity contribution in [2.45, 2.75) is 65.8 Å².